The van der Waals surface area contributed by atoms with Gasteiger partial charge in [0.05, 0.1) is 0 Å². The molecule has 1 unspecified atom stereocenters. The van der Waals surface area contributed by atoms with Gasteiger partial charge in [-0.2, -0.15) is 0 Å². The Bertz CT molecular complexity index is 308. The van der Waals surface area contributed by atoms with Crippen molar-refractivity contribution in [1.29, 1.82) is 0 Å². The SMILES string of the molecule is C=CC(C)NC(=O)Nc1ccccc1. The molecule has 0 radical (unpaired) electrons. The zero-order valence-corrected chi connectivity index (χ0v) is 8.16. The van der Waals surface area contributed by atoms with Crippen molar-refractivity contribution in [3.63, 3.8) is 0 Å². The van der Waals surface area contributed by atoms with Crippen LogP contribution in [0.3, 0.4) is 0 Å². The van der Waals surface area contributed by atoms with E-state index in [4.69, 9.17) is 0 Å². The van der Waals surface area contributed by atoms with E-state index in [-0.39, 0.29) is 12.1 Å². The molecule has 1 atom stereocenters. The summed E-state index contributed by atoms with van der Waals surface area (Å²) >= 11 is 0. The second-order valence-corrected chi connectivity index (χ2v) is 2.99. The fourth-order valence-corrected chi connectivity index (χ4v) is 0.954. The van der Waals surface area contributed by atoms with Crippen molar-refractivity contribution in [3.8, 4) is 0 Å². The molecule has 3 nitrogen and oxygen atoms in total. The molecular weight excluding hydrogens is 176 g/mol. The summed E-state index contributed by atoms with van der Waals surface area (Å²) in [5.41, 5.74) is 0.779. The molecule has 1 rings (SSSR count). The molecule has 0 bridgehead atoms. The summed E-state index contributed by atoms with van der Waals surface area (Å²) in [5, 5.41) is 5.42. The Labute approximate surface area is 83.8 Å². The summed E-state index contributed by atoms with van der Waals surface area (Å²) in [6.45, 7) is 5.44. The molecule has 14 heavy (non-hydrogen) atoms. The molecule has 0 saturated heterocycles. The van der Waals surface area contributed by atoms with Crippen LogP contribution in [0.5, 0.6) is 0 Å². The number of para-hydroxylation sites is 1. The second kappa shape index (κ2) is 5.07. The van der Waals surface area contributed by atoms with Crippen molar-refractivity contribution >= 4 is 11.7 Å². The molecule has 0 aliphatic carbocycles. The molecule has 0 spiro atoms. The smallest absolute Gasteiger partial charge is 0.319 e. The highest BCUT2D eigenvalue weighted by Crippen LogP contribution is 2.04. The largest absolute Gasteiger partial charge is 0.332 e. The van der Waals surface area contributed by atoms with Crippen LogP contribution in [0.25, 0.3) is 0 Å². The maximum Gasteiger partial charge on any atom is 0.319 e. The lowest BCUT2D eigenvalue weighted by molar-refractivity contribution is 0.251. The molecule has 0 aliphatic heterocycles. The average Bonchev–Trinajstić information content (AvgIpc) is 2.19. The Kier molecular flexibility index (Phi) is 3.73. The van der Waals surface area contributed by atoms with E-state index < -0.39 is 0 Å². The van der Waals surface area contributed by atoms with Crippen LogP contribution in [0.1, 0.15) is 6.92 Å². The third-order valence-electron chi connectivity index (χ3n) is 1.74. The molecule has 74 valence electrons. The standard InChI is InChI=1S/C11H14N2O/c1-3-9(2)12-11(14)13-10-7-5-4-6-8-10/h3-9H,1H2,2H3,(H2,12,13,14). The maximum atomic E-state index is 11.3. The summed E-state index contributed by atoms with van der Waals surface area (Å²) in [6.07, 6.45) is 1.67. The lowest BCUT2D eigenvalue weighted by Gasteiger charge is -2.10. The number of anilines is 1. The maximum absolute atomic E-state index is 11.3. The van der Waals surface area contributed by atoms with E-state index >= 15 is 0 Å². The van der Waals surface area contributed by atoms with E-state index in [0.29, 0.717) is 0 Å². The second-order valence-electron chi connectivity index (χ2n) is 2.99. The minimum atomic E-state index is -0.219. The first-order chi connectivity index (χ1) is 6.72. The van der Waals surface area contributed by atoms with E-state index in [1.807, 2.05) is 37.3 Å². The Morgan fingerprint density at radius 2 is 2.07 bits per heavy atom. The minimum absolute atomic E-state index is 0.0290. The van der Waals surface area contributed by atoms with Crippen LogP contribution >= 0.6 is 0 Å². The van der Waals surface area contributed by atoms with Crippen LogP contribution in [0.2, 0.25) is 0 Å². The van der Waals surface area contributed by atoms with Crippen molar-refractivity contribution in [2.24, 2.45) is 0 Å². The molecular formula is C11H14N2O. The van der Waals surface area contributed by atoms with E-state index in [1.54, 1.807) is 6.08 Å². The monoisotopic (exact) mass is 190 g/mol. The zero-order valence-electron chi connectivity index (χ0n) is 8.16. The van der Waals surface area contributed by atoms with E-state index in [0.717, 1.165) is 5.69 Å². The van der Waals surface area contributed by atoms with Gasteiger partial charge >= 0.3 is 6.03 Å². The van der Waals surface area contributed by atoms with Gasteiger partial charge in [-0.1, -0.05) is 24.3 Å². The Hall–Kier alpha value is -1.77. The van der Waals surface area contributed by atoms with Gasteiger partial charge in [-0.05, 0) is 19.1 Å². The summed E-state index contributed by atoms with van der Waals surface area (Å²) in [6, 6.07) is 9.05. The molecule has 0 saturated carbocycles. The first kappa shape index (κ1) is 10.3. The molecule has 1 aromatic carbocycles. The highest BCUT2D eigenvalue weighted by Gasteiger charge is 2.02. The Morgan fingerprint density at radius 1 is 1.43 bits per heavy atom. The molecule has 2 amide bonds. The van der Waals surface area contributed by atoms with E-state index in [9.17, 15) is 4.79 Å². The van der Waals surface area contributed by atoms with Gasteiger partial charge in [0.1, 0.15) is 0 Å². The van der Waals surface area contributed by atoms with Crippen LogP contribution in [0, 0.1) is 0 Å². The van der Waals surface area contributed by atoms with Gasteiger partial charge < -0.3 is 10.6 Å². The van der Waals surface area contributed by atoms with Crippen LogP contribution in [-0.4, -0.2) is 12.1 Å². The number of rotatable bonds is 3. The topological polar surface area (TPSA) is 41.1 Å². The average molecular weight is 190 g/mol. The molecule has 3 heteroatoms. The molecule has 0 heterocycles. The van der Waals surface area contributed by atoms with E-state index in [1.165, 1.54) is 0 Å². The van der Waals surface area contributed by atoms with Crippen molar-refractivity contribution in [3.05, 3.63) is 43.0 Å². The number of carbonyl (C=O) groups is 1. The summed E-state index contributed by atoms with van der Waals surface area (Å²) in [5.74, 6) is 0. The van der Waals surface area contributed by atoms with Gasteiger partial charge in [-0.25, -0.2) is 4.79 Å². The van der Waals surface area contributed by atoms with Crippen LogP contribution in [-0.2, 0) is 0 Å². The third kappa shape index (κ3) is 3.31. The Morgan fingerprint density at radius 3 is 2.64 bits per heavy atom. The Balaban J connectivity index is 2.46. The first-order valence-electron chi connectivity index (χ1n) is 4.47. The predicted molar refractivity (Wildman–Crippen MR) is 58.3 cm³/mol. The number of urea groups is 1. The van der Waals surface area contributed by atoms with Crippen molar-refractivity contribution < 1.29 is 4.79 Å². The molecule has 2 N–H and O–H groups in total. The summed E-state index contributed by atoms with van der Waals surface area (Å²) in [7, 11) is 0. The van der Waals surface area contributed by atoms with Crippen LogP contribution in [0.4, 0.5) is 10.5 Å². The number of hydrogen-bond donors (Lipinski definition) is 2. The third-order valence-corrected chi connectivity index (χ3v) is 1.74. The van der Waals surface area contributed by atoms with Gasteiger partial charge in [0, 0.05) is 11.7 Å². The molecule has 0 aliphatic rings. The minimum Gasteiger partial charge on any atom is -0.332 e. The van der Waals surface area contributed by atoms with Gasteiger partial charge in [-0.15, -0.1) is 6.58 Å². The van der Waals surface area contributed by atoms with Gasteiger partial charge in [0.25, 0.3) is 0 Å². The number of carbonyl (C=O) groups excluding carboxylic acids is 1. The van der Waals surface area contributed by atoms with Gasteiger partial charge in [0.2, 0.25) is 0 Å². The highest BCUT2D eigenvalue weighted by atomic mass is 16.2. The van der Waals surface area contributed by atoms with Crippen molar-refractivity contribution in [1.82, 2.24) is 5.32 Å². The normalized spacial score (nSPS) is 11.5. The van der Waals surface area contributed by atoms with E-state index in [2.05, 4.69) is 17.2 Å². The molecule has 0 fully saturated rings. The lowest BCUT2D eigenvalue weighted by atomic mass is 10.3. The van der Waals surface area contributed by atoms with Crippen LogP contribution in [0.15, 0.2) is 43.0 Å². The van der Waals surface area contributed by atoms with Gasteiger partial charge in [-0.3, -0.25) is 0 Å². The quantitative estimate of drug-likeness (QED) is 0.706. The van der Waals surface area contributed by atoms with Crippen LogP contribution < -0.4 is 10.6 Å². The number of nitrogens with one attached hydrogen (secondary N) is 2. The lowest BCUT2D eigenvalue weighted by Crippen LogP contribution is -2.34. The molecule has 0 aromatic heterocycles. The summed E-state index contributed by atoms with van der Waals surface area (Å²) < 4.78 is 0. The first-order valence-corrected chi connectivity index (χ1v) is 4.47. The predicted octanol–water partition coefficient (Wildman–Crippen LogP) is 2.38. The number of amides is 2. The van der Waals surface area contributed by atoms with Crippen molar-refractivity contribution in [2.45, 2.75) is 13.0 Å². The fraction of sp³-hybridized carbons (Fsp3) is 0.182. The zero-order chi connectivity index (χ0) is 10.4. The number of benzene rings is 1. The fourth-order valence-electron chi connectivity index (χ4n) is 0.954. The number of hydrogen-bond acceptors (Lipinski definition) is 1. The molecule has 1 aromatic rings. The summed E-state index contributed by atoms with van der Waals surface area (Å²) in [4.78, 5) is 11.3. The highest BCUT2D eigenvalue weighted by molar-refractivity contribution is 5.89. The van der Waals surface area contributed by atoms with Gasteiger partial charge in [0.15, 0.2) is 0 Å². The van der Waals surface area contributed by atoms with Crippen molar-refractivity contribution in [2.75, 3.05) is 5.32 Å².